The van der Waals surface area contributed by atoms with E-state index in [2.05, 4.69) is 10.6 Å². The Morgan fingerprint density at radius 1 is 0.964 bits per heavy atom. The number of alkyl halides is 3. The van der Waals surface area contributed by atoms with Crippen LogP contribution in [0.1, 0.15) is 36.7 Å². The third-order valence-electron chi connectivity index (χ3n) is 4.14. The quantitative estimate of drug-likeness (QED) is 0.744. The maximum absolute atomic E-state index is 13.1. The molecule has 0 aliphatic heterocycles. The van der Waals surface area contributed by atoms with Gasteiger partial charge in [-0.2, -0.15) is 13.2 Å². The number of anilines is 3. The van der Waals surface area contributed by atoms with Crippen molar-refractivity contribution >= 4 is 28.9 Å². The minimum Gasteiger partial charge on any atom is -0.370 e. The van der Waals surface area contributed by atoms with Gasteiger partial charge in [0, 0.05) is 31.3 Å². The molecule has 2 amide bonds. The predicted molar refractivity (Wildman–Crippen MR) is 104 cm³/mol. The topological polar surface area (TPSA) is 61.4 Å². The van der Waals surface area contributed by atoms with Gasteiger partial charge in [-0.1, -0.05) is 0 Å². The molecule has 2 rings (SSSR count). The summed E-state index contributed by atoms with van der Waals surface area (Å²) in [7, 11) is 0. The number of halogens is 3. The van der Waals surface area contributed by atoms with Crippen molar-refractivity contribution in [1.29, 1.82) is 0 Å². The third kappa shape index (κ3) is 5.25. The molecule has 2 aromatic carbocycles. The lowest BCUT2D eigenvalue weighted by Gasteiger charge is -2.25. The molecule has 0 spiro atoms. The monoisotopic (exact) mass is 393 g/mol. The normalized spacial score (nSPS) is 11.1. The lowest BCUT2D eigenvalue weighted by Crippen LogP contribution is -2.24. The SMILES string of the molecule is CCN(CC)c1ccc(C(F)(F)F)cc1NC(=O)c1ccc(NC(C)=O)cc1. The minimum atomic E-state index is -4.51. The molecule has 28 heavy (non-hydrogen) atoms. The van der Waals surface area contributed by atoms with Gasteiger partial charge in [0.15, 0.2) is 0 Å². The number of hydrogen-bond acceptors (Lipinski definition) is 3. The second kappa shape index (κ2) is 8.77. The highest BCUT2D eigenvalue weighted by atomic mass is 19.4. The highest BCUT2D eigenvalue weighted by molar-refractivity contribution is 6.06. The van der Waals surface area contributed by atoms with E-state index in [1.807, 2.05) is 18.7 Å². The number of nitrogens with zero attached hydrogens (tertiary/aromatic N) is 1. The first-order valence-electron chi connectivity index (χ1n) is 8.80. The number of benzene rings is 2. The van der Waals surface area contributed by atoms with Gasteiger partial charge in [0.2, 0.25) is 5.91 Å². The molecule has 0 fully saturated rings. The Bertz CT molecular complexity index is 845. The van der Waals surface area contributed by atoms with Crippen molar-refractivity contribution in [3.63, 3.8) is 0 Å². The lowest BCUT2D eigenvalue weighted by atomic mass is 10.1. The molecule has 0 aliphatic carbocycles. The fraction of sp³-hybridized carbons (Fsp3) is 0.300. The van der Waals surface area contributed by atoms with Crippen molar-refractivity contribution in [3.8, 4) is 0 Å². The molecule has 2 aromatic rings. The molecule has 2 N–H and O–H groups in total. The third-order valence-corrected chi connectivity index (χ3v) is 4.14. The molecular formula is C20H22F3N3O2. The van der Waals surface area contributed by atoms with Crippen LogP contribution in [-0.2, 0) is 11.0 Å². The second-order valence-corrected chi connectivity index (χ2v) is 6.11. The number of carbonyl (C=O) groups excluding carboxylic acids is 2. The lowest BCUT2D eigenvalue weighted by molar-refractivity contribution is -0.137. The van der Waals surface area contributed by atoms with Gasteiger partial charge in [-0.3, -0.25) is 9.59 Å². The van der Waals surface area contributed by atoms with Gasteiger partial charge in [-0.05, 0) is 56.3 Å². The summed E-state index contributed by atoms with van der Waals surface area (Å²) >= 11 is 0. The Labute approximate surface area is 161 Å². The van der Waals surface area contributed by atoms with Crippen LogP contribution in [0.5, 0.6) is 0 Å². The number of carbonyl (C=O) groups is 2. The Morgan fingerprint density at radius 3 is 2.07 bits per heavy atom. The van der Waals surface area contributed by atoms with E-state index in [1.165, 1.54) is 25.1 Å². The summed E-state index contributed by atoms with van der Waals surface area (Å²) in [6, 6.07) is 9.40. The molecule has 5 nitrogen and oxygen atoms in total. The summed E-state index contributed by atoms with van der Waals surface area (Å²) < 4.78 is 39.3. The molecule has 0 unspecified atom stereocenters. The molecule has 0 heterocycles. The van der Waals surface area contributed by atoms with Crippen LogP contribution >= 0.6 is 0 Å². The molecular weight excluding hydrogens is 371 g/mol. The zero-order chi connectivity index (χ0) is 20.9. The first kappa shape index (κ1) is 21.3. The van der Waals surface area contributed by atoms with Crippen LogP contribution in [-0.4, -0.2) is 24.9 Å². The van der Waals surface area contributed by atoms with Gasteiger partial charge >= 0.3 is 6.18 Å². The van der Waals surface area contributed by atoms with Crippen LogP contribution < -0.4 is 15.5 Å². The summed E-state index contributed by atoms with van der Waals surface area (Å²) in [4.78, 5) is 25.5. The molecule has 8 heteroatoms. The van der Waals surface area contributed by atoms with E-state index >= 15 is 0 Å². The molecule has 0 saturated heterocycles. The fourth-order valence-electron chi connectivity index (χ4n) is 2.76. The number of amides is 2. The summed E-state index contributed by atoms with van der Waals surface area (Å²) in [5.41, 5.74) is 0.555. The summed E-state index contributed by atoms with van der Waals surface area (Å²) in [6.07, 6.45) is -4.51. The van der Waals surface area contributed by atoms with Crippen molar-refractivity contribution in [2.24, 2.45) is 0 Å². The molecule has 0 radical (unpaired) electrons. The first-order chi connectivity index (χ1) is 13.2. The molecule has 150 valence electrons. The molecule has 0 aromatic heterocycles. The average molecular weight is 393 g/mol. The van der Waals surface area contributed by atoms with E-state index in [0.717, 1.165) is 12.1 Å². The van der Waals surface area contributed by atoms with Crippen molar-refractivity contribution in [2.45, 2.75) is 26.9 Å². The average Bonchev–Trinajstić information content (AvgIpc) is 2.63. The minimum absolute atomic E-state index is 0.0921. The van der Waals surface area contributed by atoms with Gasteiger partial charge in [0.1, 0.15) is 0 Å². The number of nitrogens with one attached hydrogen (secondary N) is 2. The predicted octanol–water partition coefficient (Wildman–Crippen LogP) is 4.76. The van der Waals surface area contributed by atoms with E-state index < -0.39 is 17.6 Å². The Balaban J connectivity index is 2.34. The maximum Gasteiger partial charge on any atom is 0.416 e. The molecule has 0 aliphatic rings. The van der Waals surface area contributed by atoms with Crippen molar-refractivity contribution < 1.29 is 22.8 Å². The molecule has 0 saturated carbocycles. The highest BCUT2D eigenvalue weighted by Gasteiger charge is 2.31. The van der Waals surface area contributed by atoms with Gasteiger partial charge < -0.3 is 15.5 Å². The fourth-order valence-corrected chi connectivity index (χ4v) is 2.76. The summed E-state index contributed by atoms with van der Waals surface area (Å²) in [6.45, 7) is 6.29. The molecule has 0 bridgehead atoms. The Kier molecular flexibility index (Phi) is 6.66. The zero-order valence-electron chi connectivity index (χ0n) is 15.9. The van der Waals surface area contributed by atoms with Crippen LogP contribution in [0.25, 0.3) is 0 Å². The smallest absolute Gasteiger partial charge is 0.370 e. The van der Waals surface area contributed by atoms with Gasteiger partial charge in [-0.15, -0.1) is 0 Å². The number of hydrogen-bond donors (Lipinski definition) is 2. The molecule has 0 atom stereocenters. The van der Waals surface area contributed by atoms with E-state index in [4.69, 9.17) is 0 Å². The van der Waals surface area contributed by atoms with Crippen LogP contribution in [0.4, 0.5) is 30.2 Å². The van der Waals surface area contributed by atoms with Crippen LogP contribution in [0, 0.1) is 0 Å². The Morgan fingerprint density at radius 2 is 1.57 bits per heavy atom. The van der Waals surface area contributed by atoms with Gasteiger partial charge in [0.25, 0.3) is 5.91 Å². The zero-order valence-corrected chi connectivity index (χ0v) is 15.9. The van der Waals surface area contributed by atoms with Gasteiger partial charge in [-0.25, -0.2) is 0 Å². The maximum atomic E-state index is 13.1. The first-order valence-corrected chi connectivity index (χ1v) is 8.80. The van der Waals surface area contributed by atoms with Crippen LogP contribution in [0.15, 0.2) is 42.5 Å². The van der Waals surface area contributed by atoms with Crippen LogP contribution in [0.2, 0.25) is 0 Å². The van der Waals surface area contributed by atoms with Gasteiger partial charge in [0.05, 0.1) is 16.9 Å². The van der Waals surface area contributed by atoms with E-state index in [-0.39, 0.29) is 17.2 Å². The highest BCUT2D eigenvalue weighted by Crippen LogP contribution is 2.35. The van der Waals surface area contributed by atoms with Crippen molar-refractivity contribution in [2.75, 3.05) is 28.6 Å². The second-order valence-electron chi connectivity index (χ2n) is 6.11. The van der Waals surface area contributed by atoms with Crippen molar-refractivity contribution in [3.05, 3.63) is 53.6 Å². The standard InChI is InChI=1S/C20H22F3N3O2/c1-4-26(5-2)18-11-8-15(20(21,22)23)12-17(18)25-19(28)14-6-9-16(10-7-14)24-13(3)27/h6-12H,4-5H2,1-3H3,(H,24,27)(H,25,28). The summed E-state index contributed by atoms with van der Waals surface area (Å²) in [5, 5.41) is 5.16. The Hall–Kier alpha value is -3.03. The van der Waals surface area contributed by atoms with E-state index in [0.29, 0.717) is 24.5 Å². The number of rotatable bonds is 6. The van der Waals surface area contributed by atoms with Crippen LogP contribution in [0.3, 0.4) is 0 Å². The largest absolute Gasteiger partial charge is 0.416 e. The van der Waals surface area contributed by atoms with Crippen molar-refractivity contribution in [1.82, 2.24) is 0 Å². The summed E-state index contributed by atoms with van der Waals surface area (Å²) in [5.74, 6) is -0.785. The van der Waals surface area contributed by atoms with E-state index in [1.54, 1.807) is 12.1 Å². The van der Waals surface area contributed by atoms with E-state index in [9.17, 15) is 22.8 Å².